The fourth-order valence-corrected chi connectivity index (χ4v) is 4.95. The number of aromatic nitrogens is 1. The Kier molecular flexibility index (Phi) is 8.69. The van der Waals surface area contributed by atoms with Crippen molar-refractivity contribution in [1.82, 2.24) is 14.4 Å². The minimum atomic E-state index is -0.588. The zero-order valence-corrected chi connectivity index (χ0v) is 23.3. The molecule has 1 aromatic heterocycles. The van der Waals surface area contributed by atoms with Crippen LogP contribution in [0.3, 0.4) is 0 Å². The molecule has 1 aliphatic heterocycles. The summed E-state index contributed by atoms with van der Waals surface area (Å²) in [6.45, 7) is 2.89. The summed E-state index contributed by atoms with van der Waals surface area (Å²) in [7, 11) is 1.63. The van der Waals surface area contributed by atoms with E-state index in [2.05, 4.69) is 15.9 Å². The Labute approximate surface area is 233 Å². The van der Waals surface area contributed by atoms with Crippen molar-refractivity contribution < 1.29 is 18.7 Å². The van der Waals surface area contributed by atoms with Gasteiger partial charge in [0.25, 0.3) is 11.8 Å². The predicted molar refractivity (Wildman–Crippen MR) is 147 cm³/mol. The minimum absolute atomic E-state index is 0.00336. The van der Waals surface area contributed by atoms with Crippen molar-refractivity contribution in [2.45, 2.75) is 26.6 Å². The Morgan fingerprint density at radius 3 is 2.58 bits per heavy atom. The van der Waals surface area contributed by atoms with E-state index in [4.69, 9.17) is 16.3 Å². The normalized spacial score (nSPS) is 13.1. The molecule has 2 amide bonds. The molecule has 7 nitrogen and oxygen atoms in total. The topological polar surface area (TPSA) is 71.8 Å². The largest absolute Gasteiger partial charge is 0.483 e. The Bertz CT molecular complexity index is 1460. The summed E-state index contributed by atoms with van der Waals surface area (Å²) in [6.07, 6.45) is 3.64. The highest BCUT2D eigenvalue weighted by Crippen LogP contribution is 2.29. The van der Waals surface area contributed by atoms with Gasteiger partial charge in [-0.15, -0.1) is 0 Å². The summed E-state index contributed by atoms with van der Waals surface area (Å²) in [6, 6.07) is 13.5. The summed E-state index contributed by atoms with van der Waals surface area (Å²) in [4.78, 5) is 43.7. The molecular weight excluding hydrogens is 577 g/mol. The molecule has 3 aromatic rings. The summed E-state index contributed by atoms with van der Waals surface area (Å²) >= 11 is 9.26. The van der Waals surface area contributed by atoms with Crippen LogP contribution in [0.5, 0.6) is 5.75 Å². The molecule has 0 saturated heterocycles. The number of halogens is 3. The number of benzene rings is 2. The zero-order valence-electron chi connectivity index (χ0n) is 20.9. The lowest BCUT2D eigenvalue weighted by Crippen LogP contribution is -2.44. The number of nitrogens with zero attached hydrogens (tertiary/aromatic N) is 3. The van der Waals surface area contributed by atoms with Gasteiger partial charge in [0, 0.05) is 33.2 Å². The van der Waals surface area contributed by atoms with Crippen molar-refractivity contribution in [2.75, 3.05) is 20.1 Å². The summed E-state index contributed by atoms with van der Waals surface area (Å²) in [5, 5.41) is -0.0450. The Morgan fingerprint density at radius 2 is 1.89 bits per heavy atom. The highest BCUT2D eigenvalue weighted by Gasteiger charge is 2.35. The Balaban J connectivity index is 1.78. The van der Waals surface area contributed by atoms with Gasteiger partial charge in [0.2, 0.25) is 5.43 Å². The molecule has 4 rings (SSSR count). The molecule has 0 unspecified atom stereocenters. The lowest BCUT2D eigenvalue weighted by atomic mass is 10.1. The van der Waals surface area contributed by atoms with Crippen molar-refractivity contribution in [2.24, 2.45) is 0 Å². The number of allylic oxidation sites excluding steroid dienone is 1. The fraction of sp³-hybridized carbons (Fsp3) is 0.250. The number of pyridine rings is 1. The maximum Gasteiger partial charge on any atom is 0.274 e. The first-order valence-electron chi connectivity index (χ1n) is 12.0. The molecule has 0 bridgehead atoms. The van der Waals surface area contributed by atoms with Crippen molar-refractivity contribution in [1.29, 1.82) is 0 Å². The second kappa shape index (κ2) is 12.0. The van der Waals surface area contributed by atoms with Crippen LogP contribution in [0.25, 0.3) is 0 Å². The van der Waals surface area contributed by atoms with Crippen LogP contribution in [0, 0.1) is 5.82 Å². The predicted octanol–water partition coefficient (Wildman–Crippen LogP) is 5.29. The fourth-order valence-electron chi connectivity index (χ4n) is 4.19. The number of likely N-dealkylation sites (N-methyl/N-ethyl adjacent to an activating group) is 1. The van der Waals surface area contributed by atoms with Gasteiger partial charge in [-0.1, -0.05) is 60.2 Å². The first-order valence-corrected chi connectivity index (χ1v) is 13.1. The minimum Gasteiger partial charge on any atom is -0.483 e. The van der Waals surface area contributed by atoms with E-state index < -0.39 is 23.1 Å². The Hall–Kier alpha value is -3.43. The van der Waals surface area contributed by atoms with Crippen LogP contribution < -0.4 is 10.2 Å². The van der Waals surface area contributed by atoms with E-state index >= 15 is 0 Å². The summed E-state index contributed by atoms with van der Waals surface area (Å²) < 4.78 is 21.2. The Morgan fingerprint density at radius 1 is 1.16 bits per heavy atom. The molecule has 0 aliphatic carbocycles. The van der Waals surface area contributed by atoms with Crippen LogP contribution in [-0.2, 0) is 19.7 Å². The van der Waals surface area contributed by atoms with E-state index in [1.165, 1.54) is 21.9 Å². The second-order valence-electron chi connectivity index (χ2n) is 8.83. The van der Waals surface area contributed by atoms with E-state index in [9.17, 15) is 18.8 Å². The standard InChI is InChI=1S/C28H26BrClFN3O4/c1-3-4-12-32(2)27(36)23-22(29)25(35)26(38-17-18-8-6-5-7-9-18)24-28(37)33(13-14-34(23)24)16-19-10-11-21(31)20(30)15-19/h3-11,15H,12-14,16-17H2,1-2H3. The molecule has 1 aliphatic rings. The van der Waals surface area contributed by atoms with Gasteiger partial charge in [0.1, 0.15) is 18.1 Å². The van der Waals surface area contributed by atoms with Crippen molar-refractivity contribution in [3.05, 3.63) is 109 Å². The number of fused-ring (bicyclic) bond motifs is 1. The molecule has 0 saturated carbocycles. The lowest BCUT2D eigenvalue weighted by molar-refractivity contribution is 0.0671. The van der Waals surface area contributed by atoms with Gasteiger partial charge < -0.3 is 19.1 Å². The molecule has 0 N–H and O–H groups in total. The van der Waals surface area contributed by atoms with Crippen LogP contribution in [0.4, 0.5) is 4.39 Å². The third kappa shape index (κ3) is 5.68. The average molecular weight is 603 g/mol. The van der Waals surface area contributed by atoms with Crippen LogP contribution >= 0.6 is 27.5 Å². The van der Waals surface area contributed by atoms with E-state index in [1.807, 2.05) is 49.4 Å². The number of ether oxygens (including phenoxy) is 1. The van der Waals surface area contributed by atoms with Gasteiger partial charge in [0.05, 0.1) is 9.50 Å². The van der Waals surface area contributed by atoms with Crippen molar-refractivity contribution in [3.63, 3.8) is 0 Å². The van der Waals surface area contributed by atoms with E-state index in [-0.39, 0.29) is 52.9 Å². The third-order valence-electron chi connectivity index (χ3n) is 6.20. The smallest absolute Gasteiger partial charge is 0.274 e. The van der Waals surface area contributed by atoms with Gasteiger partial charge in [-0.25, -0.2) is 4.39 Å². The van der Waals surface area contributed by atoms with Crippen LogP contribution in [0.15, 0.2) is 70.0 Å². The van der Waals surface area contributed by atoms with Crippen molar-refractivity contribution >= 4 is 39.3 Å². The highest BCUT2D eigenvalue weighted by molar-refractivity contribution is 9.10. The highest BCUT2D eigenvalue weighted by atomic mass is 79.9. The van der Waals surface area contributed by atoms with Crippen LogP contribution in [-0.4, -0.2) is 46.3 Å². The molecule has 198 valence electrons. The number of rotatable bonds is 8. The maximum absolute atomic E-state index is 13.8. The van der Waals surface area contributed by atoms with Gasteiger partial charge >= 0.3 is 0 Å². The molecule has 0 radical (unpaired) electrons. The third-order valence-corrected chi connectivity index (χ3v) is 7.22. The average Bonchev–Trinajstić information content (AvgIpc) is 2.91. The zero-order chi connectivity index (χ0) is 27.4. The maximum atomic E-state index is 13.8. The van der Waals surface area contributed by atoms with E-state index in [1.54, 1.807) is 17.7 Å². The molecular formula is C28H26BrClFN3O4. The first kappa shape index (κ1) is 27.6. The van der Waals surface area contributed by atoms with Gasteiger partial charge in [-0.05, 0) is 46.1 Å². The number of carbonyl (C=O) groups is 2. The van der Waals surface area contributed by atoms with Gasteiger partial charge in [-0.2, -0.15) is 0 Å². The molecule has 0 spiro atoms. The van der Waals surface area contributed by atoms with E-state index in [0.29, 0.717) is 12.1 Å². The van der Waals surface area contributed by atoms with E-state index in [0.717, 1.165) is 5.56 Å². The number of amides is 2. The summed E-state index contributed by atoms with van der Waals surface area (Å²) in [5.41, 5.74) is 0.939. The molecule has 2 aromatic carbocycles. The quantitative estimate of drug-likeness (QED) is 0.329. The molecule has 0 fully saturated rings. The molecule has 2 heterocycles. The monoisotopic (exact) mass is 601 g/mol. The first-order chi connectivity index (χ1) is 18.2. The molecule has 0 atom stereocenters. The number of hydrogen-bond donors (Lipinski definition) is 0. The number of carbonyl (C=O) groups excluding carboxylic acids is 2. The van der Waals surface area contributed by atoms with Crippen LogP contribution in [0.2, 0.25) is 5.02 Å². The van der Waals surface area contributed by atoms with Crippen molar-refractivity contribution in [3.8, 4) is 5.75 Å². The molecule has 38 heavy (non-hydrogen) atoms. The summed E-state index contributed by atoms with van der Waals surface area (Å²) in [5.74, 6) is -1.58. The number of hydrogen-bond acceptors (Lipinski definition) is 4. The van der Waals surface area contributed by atoms with Crippen LogP contribution in [0.1, 0.15) is 39.0 Å². The lowest BCUT2D eigenvalue weighted by Gasteiger charge is -2.33. The van der Waals surface area contributed by atoms with Gasteiger partial charge in [-0.3, -0.25) is 14.4 Å². The van der Waals surface area contributed by atoms with Gasteiger partial charge in [0.15, 0.2) is 11.4 Å². The second-order valence-corrected chi connectivity index (χ2v) is 10.0. The molecule has 10 heteroatoms. The SMILES string of the molecule is CC=CCN(C)C(=O)c1c(Br)c(=O)c(OCc2ccccc2)c2n1CCN(Cc1ccc(F)c(Cl)c1)C2=O.